The maximum atomic E-state index is 2.22. The molecule has 0 radical (unpaired) electrons. The van der Waals surface area contributed by atoms with Crippen LogP contribution in [0.2, 0.25) is 0 Å². The summed E-state index contributed by atoms with van der Waals surface area (Å²) in [6, 6.07) is 0. The highest BCUT2D eigenvalue weighted by Crippen LogP contribution is 2.18. The van der Waals surface area contributed by atoms with Crippen LogP contribution in [0.3, 0.4) is 0 Å². The van der Waals surface area contributed by atoms with E-state index in [1.165, 1.54) is 22.3 Å². The summed E-state index contributed by atoms with van der Waals surface area (Å²) >= 11 is 0. The first kappa shape index (κ1) is 10.8. The van der Waals surface area contributed by atoms with Gasteiger partial charge in [-0.1, -0.05) is 47.6 Å². The molecule has 1 aliphatic rings. The van der Waals surface area contributed by atoms with Crippen molar-refractivity contribution in [3.8, 4) is 0 Å². The predicted molar refractivity (Wildman–Crippen MR) is 64.2 cm³/mol. The van der Waals surface area contributed by atoms with Gasteiger partial charge in [0, 0.05) is 0 Å². The molecule has 14 heavy (non-hydrogen) atoms. The molecule has 0 nitrogen and oxygen atoms in total. The van der Waals surface area contributed by atoms with Crippen molar-refractivity contribution in [1.82, 2.24) is 0 Å². The fourth-order valence-electron chi connectivity index (χ4n) is 1.40. The quantitative estimate of drug-likeness (QED) is 0.601. The standard InChI is InChI=1S/C14H18/c1-11(2)9-14(10-12(3)4)13-7-5-6-8-13/h5-10H,1-4H3. The van der Waals surface area contributed by atoms with Crippen molar-refractivity contribution in [2.75, 3.05) is 0 Å². The van der Waals surface area contributed by atoms with Crippen LogP contribution in [-0.4, -0.2) is 0 Å². The minimum atomic E-state index is 1.30. The third-order valence-corrected chi connectivity index (χ3v) is 1.88. The average molecular weight is 186 g/mol. The Labute approximate surface area is 87.0 Å². The fraction of sp³-hybridized carbons (Fsp3) is 0.286. The second-order valence-corrected chi connectivity index (χ2v) is 4.07. The lowest BCUT2D eigenvalue weighted by Gasteiger charge is -2.01. The van der Waals surface area contributed by atoms with Crippen LogP contribution in [0.15, 0.2) is 58.7 Å². The SMILES string of the molecule is CC(C)=CC(C=C(C)C)=C1C=CC=C1. The van der Waals surface area contributed by atoms with Gasteiger partial charge in [-0.3, -0.25) is 0 Å². The zero-order valence-electron chi connectivity index (χ0n) is 9.46. The summed E-state index contributed by atoms with van der Waals surface area (Å²) in [7, 11) is 0. The molecule has 0 aromatic carbocycles. The topological polar surface area (TPSA) is 0 Å². The number of hydrogen-bond acceptors (Lipinski definition) is 0. The van der Waals surface area contributed by atoms with Crippen LogP contribution in [0.5, 0.6) is 0 Å². The summed E-state index contributed by atoms with van der Waals surface area (Å²) in [6.45, 7) is 8.51. The summed E-state index contributed by atoms with van der Waals surface area (Å²) < 4.78 is 0. The normalized spacial score (nSPS) is 13.0. The van der Waals surface area contributed by atoms with Crippen LogP contribution >= 0.6 is 0 Å². The van der Waals surface area contributed by atoms with E-state index < -0.39 is 0 Å². The molecule has 74 valence electrons. The Bertz CT molecular complexity index is 315. The third-order valence-electron chi connectivity index (χ3n) is 1.88. The Balaban J connectivity index is 3.12. The molecule has 0 atom stereocenters. The van der Waals surface area contributed by atoms with E-state index in [0.717, 1.165) is 0 Å². The molecule has 0 unspecified atom stereocenters. The zero-order chi connectivity index (χ0) is 10.6. The molecular formula is C14H18. The number of hydrogen-bond donors (Lipinski definition) is 0. The third kappa shape index (κ3) is 3.21. The van der Waals surface area contributed by atoms with E-state index in [4.69, 9.17) is 0 Å². The molecule has 0 aliphatic heterocycles. The molecular weight excluding hydrogens is 168 g/mol. The molecule has 0 aromatic rings. The van der Waals surface area contributed by atoms with Crippen molar-refractivity contribution in [1.29, 1.82) is 0 Å². The van der Waals surface area contributed by atoms with Crippen molar-refractivity contribution >= 4 is 0 Å². The number of rotatable bonds is 2. The predicted octanol–water partition coefficient (Wildman–Crippen LogP) is 4.34. The van der Waals surface area contributed by atoms with Gasteiger partial charge in [-0.2, -0.15) is 0 Å². The van der Waals surface area contributed by atoms with Gasteiger partial charge < -0.3 is 0 Å². The molecule has 0 heteroatoms. The van der Waals surface area contributed by atoms with Gasteiger partial charge >= 0.3 is 0 Å². The molecule has 0 bridgehead atoms. The van der Waals surface area contributed by atoms with Crippen LogP contribution < -0.4 is 0 Å². The highest BCUT2D eigenvalue weighted by atomic mass is 14.0. The zero-order valence-corrected chi connectivity index (χ0v) is 9.46. The van der Waals surface area contributed by atoms with E-state index in [9.17, 15) is 0 Å². The van der Waals surface area contributed by atoms with Crippen molar-refractivity contribution in [3.05, 3.63) is 58.7 Å². The molecule has 0 N–H and O–H groups in total. The van der Waals surface area contributed by atoms with Gasteiger partial charge in [-0.15, -0.1) is 0 Å². The van der Waals surface area contributed by atoms with Crippen molar-refractivity contribution < 1.29 is 0 Å². The Morgan fingerprint density at radius 2 is 1.29 bits per heavy atom. The van der Waals surface area contributed by atoms with Gasteiger partial charge in [-0.25, -0.2) is 0 Å². The molecule has 0 fully saturated rings. The van der Waals surface area contributed by atoms with Gasteiger partial charge in [0.05, 0.1) is 0 Å². The first-order chi connectivity index (χ1) is 6.59. The number of allylic oxidation sites excluding steroid dienone is 10. The molecule has 1 rings (SSSR count). The smallest absolute Gasteiger partial charge is 0.0184 e. The minimum absolute atomic E-state index is 1.30. The maximum absolute atomic E-state index is 2.22. The Morgan fingerprint density at radius 1 is 0.857 bits per heavy atom. The first-order valence-electron chi connectivity index (χ1n) is 4.98. The van der Waals surface area contributed by atoms with E-state index in [-0.39, 0.29) is 0 Å². The fourth-order valence-corrected chi connectivity index (χ4v) is 1.40. The molecule has 1 aliphatic carbocycles. The lowest BCUT2D eigenvalue weighted by atomic mass is 10.0. The van der Waals surface area contributed by atoms with E-state index in [2.05, 4.69) is 64.2 Å². The highest BCUT2D eigenvalue weighted by Gasteiger charge is 1.98. The summed E-state index contributed by atoms with van der Waals surface area (Å²) in [5.41, 5.74) is 5.26. The van der Waals surface area contributed by atoms with E-state index >= 15 is 0 Å². The van der Waals surface area contributed by atoms with E-state index in [0.29, 0.717) is 0 Å². The van der Waals surface area contributed by atoms with Gasteiger partial charge in [0.15, 0.2) is 0 Å². The summed E-state index contributed by atoms with van der Waals surface area (Å²) in [5, 5.41) is 0. The van der Waals surface area contributed by atoms with E-state index in [1.54, 1.807) is 0 Å². The second-order valence-electron chi connectivity index (χ2n) is 4.07. The first-order valence-corrected chi connectivity index (χ1v) is 4.98. The average Bonchev–Trinajstić information content (AvgIpc) is 2.52. The van der Waals surface area contributed by atoms with Crippen molar-refractivity contribution in [3.63, 3.8) is 0 Å². The van der Waals surface area contributed by atoms with Gasteiger partial charge in [0.1, 0.15) is 0 Å². The Morgan fingerprint density at radius 3 is 1.64 bits per heavy atom. The van der Waals surface area contributed by atoms with Crippen LogP contribution in [0.25, 0.3) is 0 Å². The van der Waals surface area contributed by atoms with Gasteiger partial charge in [-0.05, 0) is 38.8 Å². The van der Waals surface area contributed by atoms with Crippen LogP contribution in [0, 0.1) is 0 Å². The van der Waals surface area contributed by atoms with Gasteiger partial charge in [0.25, 0.3) is 0 Å². The maximum Gasteiger partial charge on any atom is -0.0184 e. The lowest BCUT2D eigenvalue weighted by Crippen LogP contribution is -1.81. The monoisotopic (exact) mass is 186 g/mol. The van der Waals surface area contributed by atoms with E-state index in [1.807, 2.05) is 0 Å². The minimum Gasteiger partial charge on any atom is -0.0758 e. The largest absolute Gasteiger partial charge is 0.0758 e. The van der Waals surface area contributed by atoms with Crippen LogP contribution in [0.4, 0.5) is 0 Å². The summed E-state index contributed by atoms with van der Waals surface area (Å²) in [5.74, 6) is 0. The molecule has 0 saturated heterocycles. The van der Waals surface area contributed by atoms with Crippen LogP contribution in [0.1, 0.15) is 27.7 Å². The Kier molecular flexibility index (Phi) is 3.70. The molecule has 0 heterocycles. The molecule has 0 spiro atoms. The second kappa shape index (κ2) is 4.80. The summed E-state index contributed by atoms with van der Waals surface area (Å²) in [6.07, 6.45) is 12.9. The van der Waals surface area contributed by atoms with Gasteiger partial charge in [0.2, 0.25) is 0 Å². The lowest BCUT2D eigenvalue weighted by molar-refractivity contribution is 1.33. The Hall–Kier alpha value is -1.30. The van der Waals surface area contributed by atoms with Crippen LogP contribution in [-0.2, 0) is 0 Å². The highest BCUT2D eigenvalue weighted by molar-refractivity contribution is 5.52. The molecule has 0 aromatic heterocycles. The summed E-state index contributed by atoms with van der Waals surface area (Å²) in [4.78, 5) is 0. The molecule has 0 amide bonds. The van der Waals surface area contributed by atoms with Crippen molar-refractivity contribution in [2.45, 2.75) is 27.7 Å². The molecule has 0 saturated carbocycles. The van der Waals surface area contributed by atoms with Crippen molar-refractivity contribution in [2.24, 2.45) is 0 Å².